The molecule has 6 nitrogen and oxygen atoms in total. The number of carbonyl (C=O) groups excluding carboxylic acids is 2. The minimum Gasteiger partial charge on any atom is -0.355 e. The molecule has 1 aliphatic heterocycles. The Morgan fingerprint density at radius 3 is 2.09 bits per heavy atom. The second kappa shape index (κ2) is 12.0. The van der Waals surface area contributed by atoms with Crippen molar-refractivity contribution in [1.82, 2.24) is 15.1 Å². The smallest absolute Gasteiger partial charge is 0.238 e. The standard InChI is InChI=1S/C25H33ClN4O2/c1-19(2)21-9-7-20(8-10-21)11-12-27-24(31)17-29-13-15-30(16-14-29)18-25(32)28-23-6-4-3-5-22(23)26/h3-10,19H,11-18H2,1-2H3,(H,27,31)(H,28,32). The molecular weight excluding hydrogens is 424 g/mol. The second-order valence-corrected chi connectivity index (χ2v) is 8.98. The van der Waals surface area contributed by atoms with Gasteiger partial charge in [0.2, 0.25) is 11.8 Å². The third-order valence-corrected chi connectivity index (χ3v) is 6.06. The van der Waals surface area contributed by atoms with Gasteiger partial charge in [-0.15, -0.1) is 0 Å². The van der Waals surface area contributed by atoms with Crippen molar-refractivity contribution in [2.24, 2.45) is 0 Å². The lowest BCUT2D eigenvalue weighted by Gasteiger charge is -2.33. The first kappa shape index (κ1) is 24.2. The van der Waals surface area contributed by atoms with Crippen molar-refractivity contribution in [2.45, 2.75) is 26.2 Å². The molecule has 2 aromatic carbocycles. The molecule has 1 saturated heterocycles. The number of rotatable bonds is 9. The minimum absolute atomic E-state index is 0.0497. The molecule has 0 spiro atoms. The highest BCUT2D eigenvalue weighted by atomic mass is 35.5. The SMILES string of the molecule is CC(C)c1ccc(CCNC(=O)CN2CCN(CC(=O)Nc3ccccc3Cl)CC2)cc1. The van der Waals surface area contributed by atoms with Crippen LogP contribution < -0.4 is 10.6 Å². The van der Waals surface area contributed by atoms with Crippen LogP contribution in [0.3, 0.4) is 0 Å². The molecule has 0 bridgehead atoms. The molecule has 172 valence electrons. The third kappa shape index (κ3) is 7.62. The Morgan fingerprint density at radius 2 is 1.50 bits per heavy atom. The molecule has 2 aromatic rings. The molecule has 2 amide bonds. The summed E-state index contributed by atoms with van der Waals surface area (Å²) >= 11 is 6.09. The molecule has 0 aliphatic carbocycles. The summed E-state index contributed by atoms with van der Waals surface area (Å²) in [5.74, 6) is 0.500. The van der Waals surface area contributed by atoms with Crippen LogP contribution in [0.1, 0.15) is 30.9 Å². The summed E-state index contributed by atoms with van der Waals surface area (Å²) in [5, 5.41) is 6.41. The fourth-order valence-corrected chi connectivity index (χ4v) is 3.92. The van der Waals surface area contributed by atoms with Crippen molar-refractivity contribution in [3.8, 4) is 0 Å². The maximum atomic E-state index is 12.3. The minimum atomic E-state index is -0.0780. The average Bonchev–Trinajstić information content (AvgIpc) is 2.77. The lowest BCUT2D eigenvalue weighted by Crippen LogP contribution is -2.51. The number of nitrogens with one attached hydrogen (secondary N) is 2. The largest absolute Gasteiger partial charge is 0.355 e. The Kier molecular flexibility index (Phi) is 9.09. The van der Waals surface area contributed by atoms with Gasteiger partial charge in [-0.05, 0) is 35.6 Å². The van der Waals surface area contributed by atoms with Gasteiger partial charge in [0.15, 0.2) is 0 Å². The highest BCUT2D eigenvalue weighted by Gasteiger charge is 2.20. The third-order valence-electron chi connectivity index (χ3n) is 5.73. The molecule has 0 saturated carbocycles. The Labute approximate surface area is 195 Å². The Bertz CT molecular complexity index is 893. The van der Waals surface area contributed by atoms with E-state index >= 15 is 0 Å². The van der Waals surface area contributed by atoms with E-state index in [9.17, 15) is 9.59 Å². The highest BCUT2D eigenvalue weighted by molar-refractivity contribution is 6.33. The van der Waals surface area contributed by atoms with Gasteiger partial charge in [-0.2, -0.15) is 0 Å². The van der Waals surface area contributed by atoms with E-state index in [1.165, 1.54) is 11.1 Å². The zero-order chi connectivity index (χ0) is 22.9. The molecule has 1 fully saturated rings. The predicted molar refractivity (Wildman–Crippen MR) is 130 cm³/mol. The number of piperazine rings is 1. The normalized spacial score (nSPS) is 15.0. The van der Waals surface area contributed by atoms with Crippen LogP contribution in [0.4, 0.5) is 5.69 Å². The zero-order valence-electron chi connectivity index (χ0n) is 18.9. The lowest BCUT2D eigenvalue weighted by molar-refractivity contribution is -0.123. The summed E-state index contributed by atoms with van der Waals surface area (Å²) in [6.07, 6.45) is 0.832. The van der Waals surface area contributed by atoms with Crippen molar-refractivity contribution in [2.75, 3.05) is 51.1 Å². The molecule has 3 rings (SSSR count). The summed E-state index contributed by atoms with van der Waals surface area (Å²) in [4.78, 5) is 28.8. The van der Waals surface area contributed by atoms with E-state index in [-0.39, 0.29) is 11.8 Å². The Hall–Kier alpha value is -2.41. The number of amides is 2. The van der Waals surface area contributed by atoms with Crippen LogP contribution in [0.25, 0.3) is 0 Å². The Morgan fingerprint density at radius 1 is 0.906 bits per heavy atom. The predicted octanol–water partition coefficient (Wildman–Crippen LogP) is 3.38. The molecule has 1 aliphatic rings. The van der Waals surface area contributed by atoms with Gasteiger partial charge in [0.05, 0.1) is 23.8 Å². The topological polar surface area (TPSA) is 64.7 Å². The molecule has 2 N–H and O–H groups in total. The second-order valence-electron chi connectivity index (χ2n) is 8.58. The van der Waals surface area contributed by atoms with Crippen LogP contribution in [0.5, 0.6) is 0 Å². The van der Waals surface area contributed by atoms with Gasteiger partial charge >= 0.3 is 0 Å². The number of halogens is 1. The lowest BCUT2D eigenvalue weighted by atomic mass is 10.0. The van der Waals surface area contributed by atoms with Crippen molar-refractivity contribution in [3.63, 3.8) is 0 Å². The zero-order valence-corrected chi connectivity index (χ0v) is 19.7. The number of carbonyl (C=O) groups is 2. The summed E-state index contributed by atoms with van der Waals surface area (Å²) in [6.45, 7) is 8.77. The van der Waals surface area contributed by atoms with Crippen LogP contribution in [0.15, 0.2) is 48.5 Å². The number of anilines is 1. The van der Waals surface area contributed by atoms with Crippen molar-refractivity contribution in [1.29, 1.82) is 0 Å². The van der Waals surface area contributed by atoms with Crippen LogP contribution in [-0.4, -0.2) is 67.4 Å². The maximum Gasteiger partial charge on any atom is 0.238 e. The molecule has 0 radical (unpaired) electrons. The van der Waals surface area contributed by atoms with E-state index in [0.29, 0.717) is 36.3 Å². The van der Waals surface area contributed by atoms with Gasteiger partial charge in [-0.3, -0.25) is 19.4 Å². The molecule has 32 heavy (non-hydrogen) atoms. The summed E-state index contributed by atoms with van der Waals surface area (Å²) in [6, 6.07) is 15.8. The molecule has 0 aromatic heterocycles. The summed E-state index contributed by atoms with van der Waals surface area (Å²) in [5.41, 5.74) is 3.20. The van der Waals surface area contributed by atoms with Crippen LogP contribution >= 0.6 is 11.6 Å². The molecule has 0 unspecified atom stereocenters. The van der Waals surface area contributed by atoms with Crippen LogP contribution in [0, 0.1) is 0 Å². The molecule has 1 heterocycles. The molecular formula is C25H33ClN4O2. The summed E-state index contributed by atoms with van der Waals surface area (Å²) < 4.78 is 0. The highest BCUT2D eigenvalue weighted by Crippen LogP contribution is 2.20. The van der Waals surface area contributed by atoms with E-state index in [2.05, 4.69) is 58.5 Å². The first-order chi connectivity index (χ1) is 15.4. The number of nitrogens with zero attached hydrogens (tertiary/aromatic N) is 2. The number of hydrogen-bond acceptors (Lipinski definition) is 4. The monoisotopic (exact) mass is 456 g/mol. The van der Waals surface area contributed by atoms with E-state index in [1.807, 2.05) is 12.1 Å². The average molecular weight is 457 g/mol. The first-order valence-electron chi connectivity index (χ1n) is 11.3. The van der Waals surface area contributed by atoms with E-state index < -0.39 is 0 Å². The van der Waals surface area contributed by atoms with Gasteiger partial charge in [-0.25, -0.2) is 0 Å². The number of para-hydroxylation sites is 1. The number of hydrogen-bond donors (Lipinski definition) is 2. The fraction of sp³-hybridized carbons (Fsp3) is 0.440. The van der Waals surface area contributed by atoms with E-state index in [4.69, 9.17) is 11.6 Å². The first-order valence-corrected chi connectivity index (χ1v) is 11.6. The van der Waals surface area contributed by atoms with Gasteiger partial charge in [0.1, 0.15) is 0 Å². The van der Waals surface area contributed by atoms with Crippen molar-refractivity contribution >= 4 is 29.1 Å². The van der Waals surface area contributed by atoms with Crippen LogP contribution in [0.2, 0.25) is 5.02 Å². The van der Waals surface area contributed by atoms with Crippen LogP contribution in [-0.2, 0) is 16.0 Å². The van der Waals surface area contributed by atoms with Gasteiger partial charge in [0.25, 0.3) is 0 Å². The van der Waals surface area contributed by atoms with E-state index in [1.54, 1.807) is 12.1 Å². The summed E-state index contributed by atoms with van der Waals surface area (Å²) in [7, 11) is 0. The molecule has 7 heteroatoms. The maximum absolute atomic E-state index is 12.3. The van der Waals surface area contributed by atoms with Gasteiger partial charge in [-0.1, -0.05) is 61.8 Å². The van der Waals surface area contributed by atoms with Crippen molar-refractivity contribution < 1.29 is 9.59 Å². The van der Waals surface area contributed by atoms with Gasteiger partial charge < -0.3 is 10.6 Å². The van der Waals surface area contributed by atoms with Crippen molar-refractivity contribution in [3.05, 3.63) is 64.7 Å². The quantitative estimate of drug-likeness (QED) is 0.607. The molecule has 0 atom stereocenters. The number of benzene rings is 2. The Balaban J connectivity index is 1.31. The fourth-order valence-electron chi connectivity index (χ4n) is 3.74. The van der Waals surface area contributed by atoms with E-state index in [0.717, 1.165) is 32.6 Å². The van der Waals surface area contributed by atoms with Gasteiger partial charge in [0, 0.05) is 32.7 Å².